The zero-order valence-electron chi connectivity index (χ0n) is 10.3. The largest absolute Gasteiger partial charge is 0.320 e. The number of hydrogen-bond donors (Lipinski definition) is 1. The van der Waals surface area contributed by atoms with E-state index in [0.29, 0.717) is 6.42 Å². The summed E-state index contributed by atoms with van der Waals surface area (Å²) in [5, 5.41) is 2.95. The third-order valence-corrected chi connectivity index (χ3v) is 4.70. The van der Waals surface area contributed by atoms with Crippen LogP contribution < -0.4 is 5.32 Å². The molecule has 0 bridgehead atoms. The topological polar surface area (TPSA) is 49.4 Å². The predicted molar refractivity (Wildman–Crippen MR) is 64.5 cm³/mol. The maximum Gasteiger partial charge on any atom is 0.214 e. The fourth-order valence-corrected chi connectivity index (χ4v) is 3.15. The van der Waals surface area contributed by atoms with Gasteiger partial charge in [-0.2, -0.15) is 0 Å². The van der Waals surface area contributed by atoms with Gasteiger partial charge in [-0.1, -0.05) is 13.8 Å². The van der Waals surface area contributed by atoms with Crippen LogP contribution in [0.2, 0.25) is 0 Å². The summed E-state index contributed by atoms with van der Waals surface area (Å²) in [6, 6.07) is 0.143. The quantitative estimate of drug-likeness (QED) is 0.641. The van der Waals surface area contributed by atoms with Crippen LogP contribution in [-0.2, 0) is 10.0 Å². The van der Waals surface area contributed by atoms with Crippen LogP contribution >= 0.6 is 0 Å². The highest BCUT2D eigenvalue weighted by Crippen LogP contribution is 2.11. The Bertz CT molecular complexity index is 248. The first kappa shape index (κ1) is 14.9. The monoisotopic (exact) mass is 236 g/mol. The lowest BCUT2D eigenvalue weighted by molar-refractivity contribution is 0.349. The predicted octanol–water partition coefficient (Wildman–Crippen LogP) is 1.05. The van der Waals surface area contributed by atoms with Gasteiger partial charge in [0.2, 0.25) is 10.0 Å². The standard InChI is InChI=1S/C10H24N2O2S/c1-5-10(6-2)12(4)15(13,14)9-7-8-11-3/h10-11H,5-9H2,1-4H3. The molecule has 0 saturated carbocycles. The summed E-state index contributed by atoms with van der Waals surface area (Å²) in [7, 11) is 0.455. The average molecular weight is 236 g/mol. The first-order valence-corrected chi connectivity index (χ1v) is 7.20. The molecule has 0 radical (unpaired) electrons. The highest BCUT2D eigenvalue weighted by atomic mass is 32.2. The van der Waals surface area contributed by atoms with Gasteiger partial charge in [-0.25, -0.2) is 12.7 Å². The molecule has 4 nitrogen and oxygen atoms in total. The molecule has 0 fully saturated rings. The molecule has 0 aliphatic carbocycles. The second-order valence-electron chi connectivity index (χ2n) is 3.76. The zero-order valence-corrected chi connectivity index (χ0v) is 11.1. The van der Waals surface area contributed by atoms with E-state index in [1.165, 1.54) is 4.31 Å². The van der Waals surface area contributed by atoms with Crippen molar-refractivity contribution in [1.82, 2.24) is 9.62 Å². The lowest BCUT2D eigenvalue weighted by Gasteiger charge is -2.25. The van der Waals surface area contributed by atoms with Gasteiger partial charge >= 0.3 is 0 Å². The van der Waals surface area contributed by atoms with Crippen molar-refractivity contribution in [2.45, 2.75) is 39.2 Å². The van der Waals surface area contributed by atoms with E-state index in [0.717, 1.165) is 19.4 Å². The molecule has 92 valence electrons. The minimum atomic E-state index is -3.06. The Morgan fingerprint density at radius 2 is 1.80 bits per heavy atom. The Kier molecular flexibility index (Phi) is 7.13. The SMILES string of the molecule is CCC(CC)N(C)S(=O)(=O)CCCNC. The smallest absolute Gasteiger partial charge is 0.214 e. The van der Waals surface area contributed by atoms with E-state index < -0.39 is 10.0 Å². The van der Waals surface area contributed by atoms with Crippen molar-refractivity contribution < 1.29 is 8.42 Å². The van der Waals surface area contributed by atoms with Crippen molar-refractivity contribution in [1.29, 1.82) is 0 Å². The Balaban J connectivity index is 4.30. The number of nitrogens with zero attached hydrogens (tertiary/aromatic N) is 1. The van der Waals surface area contributed by atoms with Gasteiger partial charge < -0.3 is 5.32 Å². The van der Waals surface area contributed by atoms with Crippen molar-refractivity contribution >= 4 is 10.0 Å². The second kappa shape index (κ2) is 7.19. The third-order valence-electron chi connectivity index (χ3n) is 2.72. The molecule has 0 aliphatic rings. The van der Waals surface area contributed by atoms with Crippen LogP contribution in [0.25, 0.3) is 0 Å². The van der Waals surface area contributed by atoms with E-state index in [9.17, 15) is 8.42 Å². The van der Waals surface area contributed by atoms with Gasteiger partial charge in [0.15, 0.2) is 0 Å². The molecule has 0 aromatic carbocycles. The van der Waals surface area contributed by atoms with E-state index in [1.807, 2.05) is 20.9 Å². The van der Waals surface area contributed by atoms with Gasteiger partial charge in [-0.05, 0) is 32.9 Å². The average Bonchev–Trinajstić information content (AvgIpc) is 2.19. The van der Waals surface area contributed by atoms with Crippen LogP contribution in [0.5, 0.6) is 0 Å². The van der Waals surface area contributed by atoms with E-state index >= 15 is 0 Å². The fraction of sp³-hybridized carbons (Fsp3) is 1.00. The molecular formula is C10H24N2O2S. The molecule has 0 atom stereocenters. The zero-order chi connectivity index (χ0) is 11.9. The maximum absolute atomic E-state index is 11.9. The molecule has 0 saturated heterocycles. The van der Waals surface area contributed by atoms with Crippen molar-refractivity contribution in [3.63, 3.8) is 0 Å². The first-order valence-electron chi connectivity index (χ1n) is 5.59. The molecule has 0 amide bonds. The van der Waals surface area contributed by atoms with Crippen LogP contribution in [-0.4, -0.2) is 45.2 Å². The summed E-state index contributed by atoms with van der Waals surface area (Å²) in [6.07, 6.45) is 2.42. The highest BCUT2D eigenvalue weighted by Gasteiger charge is 2.22. The Morgan fingerprint density at radius 3 is 2.20 bits per heavy atom. The van der Waals surface area contributed by atoms with Crippen molar-refractivity contribution in [2.75, 3.05) is 26.4 Å². The van der Waals surface area contributed by atoms with Crippen molar-refractivity contribution in [3.05, 3.63) is 0 Å². The summed E-state index contributed by atoms with van der Waals surface area (Å²) >= 11 is 0. The summed E-state index contributed by atoms with van der Waals surface area (Å²) in [5.74, 6) is 0.237. The second-order valence-corrected chi connectivity index (χ2v) is 5.91. The van der Waals surface area contributed by atoms with Crippen LogP contribution in [0.3, 0.4) is 0 Å². The minimum Gasteiger partial charge on any atom is -0.320 e. The summed E-state index contributed by atoms with van der Waals surface area (Å²) in [4.78, 5) is 0. The molecule has 15 heavy (non-hydrogen) atoms. The minimum absolute atomic E-state index is 0.143. The number of rotatable bonds is 8. The van der Waals surface area contributed by atoms with Crippen LogP contribution in [0, 0.1) is 0 Å². The Hall–Kier alpha value is -0.130. The van der Waals surface area contributed by atoms with Gasteiger partial charge in [0.1, 0.15) is 0 Å². The van der Waals surface area contributed by atoms with Crippen LogP contribution in [0.1, 0.15) is 33.1 Å². The normalized spacial score (nSPS) is 12.7. The molecule has 1 N–H and O–H groups in total. The molecule has 0 unspecified atom stereocenters. The molecule has 0 aliphatic heterocycles. The van der Waals surface area contributed by atoms with Crippen molar-refractivity contribution in [2.24, 2.45) is 0 Å². The van der Waals surface area contributed by atoms with Gasteiger partial charge in [-0.15, -0.1) is 0 Å². The van der Waals surface area contributed by atoms with Gasteiger partial charge in [0.05, 0.1) is 5.75 Å². The van der Waals surface area contributed by atoms with E-state index in [2.05, 4.69) is 5.32 Å². The van der Waals surface area contributed by atoms with Crippen LogP contribution in [0.4, 0.5) is 0 Å². The molecule has 0 rings (SSSR count). The van der Waals surface area contributed by atoms with Crippen molar-refractivity contribution in [3.8, 4) is 0 Å². The van der Waals surface area contributed by atoms with E-state index in [-0.39, 0.29) is 11.8 Å². The summed E-state index contributed by atoms with van der Waals surface area (Å²) in [5.41, 5.74) is 0. The Labute approximate surface area is 94.1 Å². The molecule has 0 aromatic heterocycles. The lowest BCUT2D eigenvalue weighted by atomic mass is 10.2. The molecule has 5 heteroatoms. The number of sulfonamides is 1. The molecule has 0 aromatic rings. The summed E-state index contributed by atoms with van der Waals surface area (Å²) < 4.78 is 25.3. The van der Waals surface area contributed by atoms with Gasteiger partial charge in [-0.3, -0.25) is 0 Å². The lowest BCUT2D eigenvalue weighted by Crippen LogP contribution is -2.38. The Morgan fingerprint density at radius 1 is 1.27 bits per heavy atom. The summed E-state index contributed by atoms with van der Waals surface area (Å²) in [6.45, 7) is 4.79. The van der Waals surface area contributed by atoms with Gasteiger partial charge in [0.25, 0.3) is 0 Å². The third kappa shape index (κ3) is 4.95. The molecule has 0 spiro atoms. The van der Waals surface area contributed by atoms with E-state index in [4.69, 9.17) is 0 Å². The number of nitrogens with one attached hydrogen (secondary N) is 1. The number of hydrogen-bond acceptors (Lipinski definition) is 3. The van der Waals surface area contributed by atoms with Crippen LogP contribution in [0.15, 0.2) is 0 Å². The highest BCUT2D eigenvalue weighted by molar-refractivity contribution is 7.89. The molecule has 0 heterocycles. The first-order chi connectivity index (χ1) is 6.99. The molecular weight excluding hydrogens is 212 g/mol. The maximum atomic E-state index is 11.9. The van der Waals surface area contributed by atoms with E-state index in [1.54, 1.807) is 7.05 Å². The fourth-order valence-electron chi connectivity index (χ4n) is 1.61. The van der Waals surface area contributed by atoms with Gasteiger partial charge in [0, 0.05) is 13.1 Å².